The molecule has 0 atom stereocenters. The summed E-state index contributed by atoms with van der Waals surface area (Å²) in [5, 5.41) is 4.66. The Hall–Kier alpha value is -2.36. The van der Waals surface area contributed by atoms with Gasteiger partial charge in [-0.05, 0) is 6.07 Å². The van der Waals surface area contributed by atoms with E-state index in [0.717, 1.165) is 17.1 Å². The van der Waals surface area contributed by atoms with Gasteiger partial charge in [-0.2, -0.15) is 13.2 Å². The lowest BCUT2D eigenvalue weighted by Crippen LogP contribution is -2.43. The third-order valence-corrected chi connectivity index (χ3v) is 3.55. The van der Waals surface area contributed by atoms with Crippen molar-refractivity contribution in [3.63, 3.8) is 0 Å². The van der Waals surface area contributed by atoms with Crippen LogP contribution in [0.4, 0.5) is 18.0 Å². The van der Waals surface area contributed by atoms with Gasteiger partial charge in [0.1, 0.15) is 17.9 Å². The Morgan fingerprint density at radius 2 is 1.91 bits per heavy atom. The van der Waals surface area contributed by atoms with Crippen molar-refractivity contribution in [1.82, 2.24) is 20.6 Å². The molecule has 1 aromatic heterocycles. The van der Waals surface area contributed by atoms with E-state index in [-0.39, 0.29) is 5.75 Å². The van der Waals surface area contributed by atoms with Crippen LogP contribution in [0.15, 0.2) is 35.6 Å². The third kappa shape index (κ3) is 5.40. The average Bonchev–Trinajstić information content (AvgIpc) is 2.50. The van der Waals surface area contributed by atoms with Crippen molar-refractivity contribution in [2.24, 2.45) is 0 Å². The Morgan fingerprint density at radius 1 is 1.17 bits per heavy atom. The van der Waals surface area contributed by atoms with Gasteiger partial charge < -0.3 is 5.32 Å². The highest BCUT2D eigenvalue weighted by Gasteiger charge is 2.27. The first-order valence-electron chi connectivity index (χ1n) is 6.32. The highest BCUT2D eigenvalue weighted by molar-refractivity contribution is 8.00. The van der Waals surface area contributed by atoms with E-state index in [9.17, 15) is 22.8 Å². The van der Waals surface area contributed by atoms with Crippen molar-refractivity contribution in [1.29, 1.82) is 0 Å². The Bertz CT molecular complexity index is 718. The normalized spacial score (nSPS) is 11.3. The number of hydrogen-bond acceptors (Lipinski definition) is 5. The molecule has 23 heavy (non-hydrogen) atoms. The summed E-state index contributed by atoms with van der Waals surface area (Å²) in [5.41, 5.74) is 0.702. The molecule has 2 N–H and O–H groups in total. The van der Waals surface area contributed by atoms with Crippen LogP contribution in [0.25, 0.3) is 10.9 Å². The molecule has 0 saturated heterocycles. The van der Waals surface area contributed by atoms with Crippen molar-refractivity contribution < 1.29 is 22.8 Å². The van der Waals surface area contributed by atoms with E-state index in [2.05, 4.69) is 9.97 Å². The van der Waals surface area contributed by atoms with E-state index in [1.807, 2.05) is 11.4 Å². The molecule has 6 nitrogen and oxygen atoms in total. The maximum absolute atomic E-state index is 11.9. The molecule has 3 amide bonds. The SMILES string of the molecule is O=C(CSc1ncnc2ccccc12)NC(=O)NCC(F)(F)F. The second kappa shape index (κ2) is 7.27. The zero-order chi connectivity index (χ0) is 16.9. The number of imide groups is 1. The summed E-state index contributed by atoms with van der Waals surface area (Å²) < 4.78 is 35.8. The molecular formula is C13H11F3N4O2S. The van der Waals surface area contributed by atoms with Gasteiger partial charge in [-0.15, -0.1) is 0 Å². The number of nitrogens with one attached hydrogen (secondary N) is 2. The van der Waals surface area contributed by atoms with Crippen LogP contribution in [-0.2, 0) is 4.79 Å². The standard InChI is InChI=1S/C13H11F3N4O2S/c14-13(15,16)6-17-12(22)20-10(21)5-23-11-8-3-1-2-4-9(8)18-7-19-11/h1-4,7H,5-6H2,(H2,17,20,21,22). The lowest BCUT2D eigenvalue weighted by molar-refractivity contribution is -0.124. The maximum Gasteiger partial charge on any atom is 0.405 e. The smallest absolute Gasteiger partial charge is 0.329 e. The summed E-state index contributed by atoms with van der Waals surface area (Å²) in [5.74, 6) is -0.891. The quantitative estimate of drug-likeness (QED) is 0.656. The fourth-order valence-electron chi connectivity index (χ4n) is 1.62. The van der Waals surface area contributed by atoms with Gasteiger partial charge in [0, 0.05) is 5.39 Å². The number of hydrogen-bond donors (Lipinski definition) is 2. The van der Waals surface area contributed by atoms with Crippen LogP contribution in [0.3, 0.4) is 0 Å². The number of para-hydroxylation sites is 1. The molecule has 2 aromatic rings. The number of carbonyl (C=O) groups excluding carboxylic acids is 2. The van der Waals surface area contributed by atoms with E-state index in [0.29, 0.717) is 10.5 Å². The molecule has 0 bridgehead atoms. The van der Waals surface area contributed by atoms with Crippen LogP contribution in [-0.4, -0.2) is 40.4 Å². The van der Waals surface area contributed by atoms with Crippen molar-refractivity contribution in [3.05, 3.63) is 30.6 Å². The van der Waals surface area contributed by atoms with Crippen LogP contribution < -0.4 is 10.6 Å². The van der Waals surface area contributed by atoms with Gasteiger partial charge in [0.05, 0.1) is 11.3 Å². The molecule has 122 valence electrons. The van der Waals surface area contributed by atoms with Gasteiger partial charge in [-0.25, -0.2) is 14.8 Å². The number of benzene rings is 1. The van der Waals surface area contributed by atoms with Crippen LogP contribution in [0.1, 0.15) is 0 Å². The predicted octanol–water partition coefficient (Wildman–Crippen LogP) is 2.11. The van der Waals surface area contributed by atoms with E-state index >= 15 is 0 Å². The number of amides is 3. The summed E-state index contributed by atoms with van der Waals surface area (Å²) in [7, 11) is 0. The van der Waals surface area contributed by atoms with Crippen LogP contribution in [0, 0.1) is 0 Å². The monoisotopic (exact) mass is 344 g/mol. The van der Waals surface area contributed by atoms with E-state index in [1.165, 1.54) is 6.33 Å². The van der Waals surface area contributed by atoms with Crippen molar-refractivity contribution >= 4 is 34.6 Å². The minimum atomic E-state index is -4.53. The first kappa shape index (κ1) is 17.0. The highest BCUT2D eigenvalue weighted by Crippen LogP contribution is 2.23. The Labute approximate surface area is 132 Å². The lowest BCUT2D eigenvalue weighted by Gasteiger charge is -2.09. The zero-order valence-corrected chi connectivity index (χ0v) is 12.4. The van der Waals surface area contributed by atoms with Crippen molar-refractivity contribution in [2.45, 2.75) is 11.2 Å². The Morgan fingerprint density at radius 3 is 2.65 bits per heavy atom. The van der Waals surface area contributed by atoms with E-state index in [1.54, 1.807) is 23.5 Å². The number of rotatable bonds is 4. The molecule has 0 aliphatic carbocycles. The molecular weight excluding hydrogens is 333 g/mol. The highest BCUT2D eigenvalue weighted by atomic mass is 32.2. The number of carbonyl (C=O) groups is 2. The number of aromatic nitrogens is 2. The molecule has 0 radical (unpaired) electrons. The molecule has 0 fully saturated rings. The van der Waals surface area contributed by atoms with Crippen LogP contribution in [0.2, 0.25) is 0 Å². The van der Waals surface area contributed by atoms with Gasteiger partial charge in [0.2, 0.25) is 5.91 Å². The minimum absolute atomic E-state index is 0.166. The van der Waals surface area contributed by atoms with Crippen molar-refractivity contribution in [3.8, 4) is 0 Å². The second-order valence-electron chi connectivity index (χ2n) is 4.33. The number of alkyl halides is 3. The average molecular weight is 344 g/mol. The largest absolute Gasteiger partial charge is 0.405 e. The van der Waals surface area contributed by atoms with Crippen LogP contribution in [0.5, 0.6) is 0 Å². The van der Waals surface area contributed by atoms with Crippen LogP contribution >= 0.6 is 11.8 Å². The van der Waals surface area contributed by atoms with Gasteiger partial charge in [-0.3, -0.25) is 10.1 Å². The first-order valence-corrected chi connectivity index (χ1v) is 7.31. The summed E-state index contributed by atoms with van der Waals surface area (Å²) in [6, 6.07) is 5.97. The number of urea groups is 1. The molecule has 0 aliphatic heterocycles. The minimum Gasteiger partial charge on any atom is -0.329 e. The van der Waals surface area contributed by atoms with E-state index in [4.69, 9.17) is 0 Å². The van der Waals surface area contributed by atoms with E-state index < -0.39 is 24.7 Å². The summed E-state index contributed by atoms with van der Waals surface area (Å²) in [6.45, 7) is -1.50. The van der Waals surface area contributed by atoms with Gasteiger partial charge in [0.25, 0.3) is 0 Å². The molecule has 1 aromatic carbocycles. The van der Waals surface area contributed by atoms with Gasteiger partial charge in [-0.1, -0.05) is 30.0 Å². The molecule has 2 rings (SSSR count). The number of thioether (sulfide) groups is 1. The third-order valence-electron chi connectivity index (χ3n) is 2.55. The predicted molar refractivity (Wildman–Crippen MR) is 77.9 cm³/mol. The second-order valence-corrected chi connectivity index (χ2v) is 5.29. The maximum atomic E-state index is 11.9. The summed E-state index contributed by atoms with van der Waals surface area (Å²) in [6.07, 6.45) is -3.19. The number of halogens is 3. The Kier molecular flexibility index (Phi) is 5.37. The molecule has 0 spiro atoms. The molecule has 10 heteroatoms. The molecule has 1 heterocycles. The summed E-state index contributed by atoms with van der Waals surface area (Å²) in [4.78, 5) is 30.8. The zero-order valence-electron chi connectivity index (χ0n) is 11.6. The topological polar surface area (TPSA) is 84.0 Å². The fourth-order valence-corrected chi connectivity index (χ4v) is 2.41. The Balaban J connectivity index is 1.88. The number of fused-ring (bicyclic) bond motifs is 1. The molecule has 0 unspecified atom stereocenters. The molecule has 0 aliphatic rings. The van der Waals surface area contributed by atoms with Gasteiger partial charge in [0.15, 0.2) is 0 Å². The lowest BCUT2D eigenvalue weighted by atomic mass is 10.2. The first-order chi connectivity index (χ1) is 10.8. The fraction of sp³-hybridized carbons (Fsp3) is 0.231. The number of nitrogens with zero attached hydrogens (tertiary/aromatic N) is 2. The van der Waals surface area contributed by atoms with Crippen molar-refractivity contribution in [2.75, 3.05) is 12.3 Å². The summed E-state index contributed by atoms with van der Waals surface area (Å²) >= 11 is 1.06. The van der Waals surface area contributed by atoms with Gasteiger partial charge >= 0.3 is 12.2 Å². The molecule has 0 saturated carbocycles.